The van der Waals surface area contributed by atoms with Crippen LogP contribution in [0, 0.1) is 0 Å². The molecular formula is C28H24Cl2N4O7S2. The summed E-state index contributed by atoms with van der Waals surface area (Å²) in [4.78, 5) is 28.7. The summed E-state index contributed by atoms with van der Waals surface area (Å²) in [5.74, 6) is -1.44. The number of para-hydroxylation sites is 1. The lowest BCUT2D eigenvalue weighted by Crippen LogP contribution is -2.45. The maximum Gasteiger partial charge on any atom is 0.324 e. The van der Waals surface area contributed by atoms with Crippen molar-refractivity contribution in [1.29, 1.82) is 0 Å². The first-order chi connectivity index (χ1) is 20.4. The summed E-state index contributed by atoms with van der Waals surface area (Å²) in [6.45, 7) is 0. The van der Waals surface area contributed by atoms with Gasteiger partial charge in [-0.05, 0) is 48.4 Å². The number of hydrogen-bond acceptors (Lipinski definition) is 8. The minimum atomic E-state index is -4.49. The number of methoxy groups -OCH3 is 1. The summed E-state index contributed by atoms with van der Waals surface area (Å²) in [7, 11) is -7.45. The molecule has 1 aromatic heterocycles. The van der Waals surface area contributed by atoms with Gasteiger partial charge in [-0.25, -0.2) is 8.42 Å². The van der Waals surface area contributed by atoms with E-state index < -0.39 is 38.0 Å². The Morgan fingerprint density at radius 1 is 0.860 bits per heavy atom. The van der Waals surface area contributed by atoms with Crippen molar-refractivity contribution in [1.82, 2.24) is 9.71 Å². The number of hydrogen-bond donors (Lipinski definition) is 3. The van der Waals surface area contributed by atoms with Crippen LogP contribution in [-0.2, 0) is 36.0 Å². The van der Waals surface area contributed by atoms with Crippen LogP contribution in [0.3, 0.4) is 0 Å². The fourth-order valence-electron chi connectivity index (χ4n) is 3.97. The highest BCUT2D eigenvalue weighted by atomic mass is 35.5. The molecule has 1 atom stereocenters. The minimum Gasteiger partial charge on any atom is -0.468 e. The number of benzene rings is 3. The van der Waals surface area contributed by atoms with Gasteiger partial charge in [0.25, 0.3) is 16.1 Å². The molecule has 3 N–H and O–H groups in total. The number of sulfone groups is 1. The summed E-state index contributed by atoms with van der Waals surface area (Å²) in [5.41, 5.74) is 0.735. The van der Waals surface area contributed by atoms with Gasteiger partial charge in [-0.1, -0.05) is 65.7 Å². The predicted molar refractivity (Wildman–Crippen MR) is 162 cm³/mol. The lowest BCUT2D eigenvalue weighted by Gasteiger charge is -2.19. The van der Waals surface area contributed by atoms with Gasteiger partial charge in [0.15, 0.2) is 0 Å². The average molecular weight is 664 g/mol. The number of esters is 1. The van der Waals surface area contributed by atoms with Crippen molar-refractivity contribution in [2.24, 2.45) is 0 Å². The van der Waals surface area contributed by atoms with E-state index in [0.29, 0.717) is 11.3 Å². The highest BCUT2D eigenvalue weighted by Gasteiger charge is 2.28. The van der Waals surface area contributed by atoms with Crippen molar-refractivity contribution in [3.05, 3.63) is 112 Å². The molecule has 3 aromatic carbocycles. The van der Waals surface area contributed by atoms with Crippen LogP contribution in [0.2, 0.25) is 10.0 Å². The Bertz CT molecular complexity index is 1840. The molecule has 0 aliphatic heterocycles. The molecular weight excluding hydrogens is 639 g/mol. The molecule has 15 heteroatoms. The standard InChI is InChI=1S/C28H24Cl2N4O7S2/c1-41-28(36)24(15-18-11-13-19(14-12-18)32-27(35)26-21(29)16-31-17-22(26)30)34-43(39,40)33-23-9-5-6-10-25(23)42(37,38)20-7-3-2-4-8-20/h2-14,16-17,24,33-34H,15H2,1H3,(H,32,35). The van der Waals surface area contributed by atoms with Crippen molar-refractivity contribution >= 4 is 66.5 Å². The Kier molecular flexibility index (Phi) is 10.0. The molecule has 4 aromatic rings. The molecule has 11 nitrogen and oxygen atoms in total. The number of anilines is 2. The molecule has 0 spiro atoms. The van der Waals surface area contributed by atoms with E-state index in [0.717, 1.165) is 7.11 Å². The Morgan fingerprint density at radius 2 is 1.47 bits per heavy atom. The van der Waals surface area contributed by atoms with Gasteiger partial charge >= 0.3 is 5.97 Å². The van der Waals surface area contributed by atoms with E-state index >= 15 is 0 Å². The maximum absolute atomic E-state index is 13.2. The van der Waals surface area contributed by atoms with Crippen molar-refractivity contribution < 1.29 is 31.2 Å². The monoisotopic (exact) mass is 662 g/mol. The largest absolute Gasteiger partial charge is 0.468 e. The average Bonchev–Trinajstić information content (AvgIpc) is 2.97. The third kappa shape index (κ3) is 7.89. The van der Waals surface area contributed by atoms with E-state index in [4.69, 9.17) is 27.9 Å². The summed E-state index contributed by atoms with van der Waals surface area (Å²) >= 11 is 12.1. The van der Waals surface area contributed by atoms with Gasteiger partial charge in [-0.3, -0.25) is 19.3 Å². The fraction of sp³-hybridized carbons (Fsp3) is 0.107. The zero-order valence-corrected chi connectivity index (χ0v) is 25.5. The molecule has 0 radical (unpaired) electrons. The van der Waals surface area contributed by atoms with E-state index in [9.17, 15) is 26.4 Å². The van der Waals surface area contributed by atoms with E-state index in [1.807, 2.05) is 0 Å². The summed E-state index contributed by atoms with van der Waals surface area (Å²) in [5, 5.41) is 2.80. The zero-order valence-electron chi connectivity index (χ0n) is 22.3. The highest BCUT2D eigenvalue weighted by molar-refractivity contribution is 7.92. The first-order valence-electron chi connectivity index (χ1n) is 12.4. The topological polar surface area (TPSA) is 161 Å². The molecule has 0 saturated carbocycles. The predicted octanol–water partition coefficient (Wildman–Crippen LogP) is 4.50. The van der Waals surface area contributed by atoms with Crippen LogP contribution in [0.4, 0.5) is 11.4 Å². The smallest absolute Gasteiger partial charge is 0.324 e. The summed E-state index contributed by atoms with van der Waals surface area (Å²) < 4.78 is 61.8. The number of nitrogens with one attached hydrogen (secondary N) is 3. The van der Waals surface area contributed by atoms with E-state index in [-0.39, 0.29) is 37.5 Å². The van der Waals surface area contributed by atoms with Gasteiger partial charge in [0.1, 0.15) is 6.04 Å². The van der Waals surface area contributed by atoms with Crippen LogP contribution in [0.25, 0.3) is 0 Å². The number of rotatable bonds is 11. The second kappa shape index (κ2) is 13.5. The van der Waals surface area contributed by atoms with Gasteiger partial charge in [0.2, 0.25) is 9.84 Å². The second-order valence-electron chi connectivity index (χ2n) is 8.95. The van der Waals surface area contributed by atoms with E-state index in [1.54, 1.807) is 42.5 Å². The van der Waals surface area contributed by atoms with Crippen LogP contribution in [0.5, 0.6) is 0 Å². The third-order valence-corrected chi connectivity index (χ3v) is 9.47. The molecule has 0 aliphatic carbocycles. The number of carbonyl (C=O) groups is 2. The Labute approximate surface area is 258 Å². The molecule has 0 saturated heterocycles. The number of aromatic nitrogens is 1. The minimum absolute atomic E-state index is 0.0198. The number of amides is 1. The van der Waals surface area contributed by atoms with Crippen LogP contribution in [0.1, 0.15) is 15.9 Å². The van der Waals surface area contributed by atoms with Gasteiger partial charge in [-0.15, -0.1) is 0 Å². The molecule has 1 amide bonds. The lowest BCUT2D eigenvalue weighted by atomic mass is 10.1. The van der Waals surface area contributed by atoms with Crippen LogP contribution < -0.4 is 14.8 Å². The van der Waals surface area contributed by atoms with Crippen LogP contribution in [-0.4, -0.2) is 46.8 Å². The zero-order chi connectivity index (χ0) is 31.2. The molecule has 224 valence electrons. The molecule has 1 unspecified atom stereocenters. The van der Waals surface area contributed by atoms with Crippen molar-refractivity contribution in [3.63, 3.8) is 0 Å². The van der Waals surface area contributed by atoms with Gasteiger partial charge in [0, 0.05) is 18.1 Å². The van der Waals surface area contributed by atoms with Crippen molar-refractivity contribution in [2.45, 2.75) is 22.3 Å². The molecule has 4 rings (SSSR count). The van der Waals surface area contributed by atoms with Gasteiger partial charge in [-0.2, -0.15) is 13.1 Å². The Balaban J connectivity index is 1.50. The van der Waals surface area contributed by atoms with Crippen molar-refractivity contribution in [2.75, 3.05) is 17.1 Å². The van der Waals surface area contributed by atoms with E-state index in [1.165, 1.54) is 48.8 Å². The first kappa shape index (κ1) is 31.9. The lowest BCUT2D eigenvalue weighted by molar-refractivity contribution is -0.142. The summed E-state index contributed by atoms with van der Waals surface area (Å²) in [6.07, 6.45) is 2.44. The van der Waals surface area contributed by atoms with Crippen molar-refractivity contribution in [3.8, 4) is 0 Å². The van der Waals surface area contributed by atoms with Crippen LogP contribution in [0.15, 0.2) is 101 Å². The number of pyridine rings is 1. The van der Waals surface area contributed by atoms with Gasteiger partial charge < -0.3 is 10.1 Å². The molecule has 1 heterocycles. The summed E-state index contributed by atoms with van der Waals surface area (Å²) in [6, 6.07) is 17.9. The maximum atomic E-state index is 13.2. The number of ether oxygens (including phenoxy) is 1. The Morgan fingerprint density at radius 3 is 2.09 bits per heavy atom. The first-order valence-corrected chi connectivity index (χ1v) is 16.1. The fourth-order valence-corrected chi connectivity index (χ4v) is 7.09. The number of nitrogens with zero attached hydrogens (tertiary/aromatic N) is 1. The third-order valence-electron chi connectivity index (χ3n) is 5.99. The second-order valence-corrected chi connectivity index (χ2v) is 13.1. The number of halogens is 2. The molecule has 43 heavy (non-hydrogen) atoms. The normalized spacial score (nSPS) is 12.3. The van der Waals surface area contributed by atoms with Crippen LogP contribution >= 0.6 is 23.2 Å². The Hall–Kier alpha value is -4.01. The van der Waals surface area contributed by atoms with Gasteiger partial charge in [0.05, 0.1) is 38.2 Å². The van der Waals surface area contributed by atoms with E-state index in [2.05, 4.69) is 19.7 Å². The molecule has 0 fully saturated rings. The number of carbonyl (C=O) groups excluding carboxylic acids is 2. The molecule has 0 bridgehead atoms. The quantitative estimate of drug-likeness (QED) is 0.198. The highest BCUT2D eigenvalue weighted by Crippen LogP contribution is 2.28. The SMILES string of the molecule is COC(=O)C(Cc1ccc(NC(=O)c2c(Cl)cncc2Cl)cc1)NS(=O)(=O)Nc1ccccc1S(=O)(=O)c1ccccc1. The molecule has 0 aliphatic rings.